The van der Waals surface area contributed by atoms with Gasteiger partial charge in [0.15, 0.2) is 10.8 Å². The number of carboxylic acids is 1. The molecule has 1 saturated heterocycles. The number of thiazole rings is 1. The number of carboxylic acid groups (broad SMARTS) is 1. The van der Waals surface area contributed by atoms with E-state index in [2.05, 4.69) is 20.3 Å². The van der Waals surface area contributed by atoms with Crippen molar-refractivity contribution in [2.75, 3.05) is 24.8 Å². The van der Waals surface area contributed by atoms with Gasteiger partial charge in [-0.25, -0.2) is 9.78 Å². The first-order chi connectivity index (χ1) is 16.8. The Labute approximate surface area is 207 Å². The van der Waals surface area contributed by atoms with Gasteiger partial charge < -0.3 is 20.0 Å². The van der Waals surface area contributed by atoms with Gasteiger partial charge in [0, 0.05) is 23.6 Å². The van der Waals surface area contributed by atoms with Gasteiger partial charge in [0.2, 0.25) is 0 Å². The normalized spacial score (nSPS) is 19.8. The van der Waals surface area contributed by atoms with Crippen LogP contribution in [-0.4, -0.2) is 87.4 Å². The average Bonchev–Trinajstić information content (AvgIpc) is 3.25. The van der Waals surface area contributed by atoms with Crippen molar-refractivity contribution >= 4 is 63.6 Å². The summed E-state index contributed by atoms with van der Waals surface area (Å²) in [5.41, 5.74) is -0.898. The fourth-order valence-electron chi connectivity index (χ4n) is 3.10. The molecule has 18 heteroatoms. The Kier molecular flexibility index (Phi) is 7.87. The van der Waals surface area contributed by atoms with Crippen molar-refractivity contribution < 1.29 is 51.8 Å². The Morgan fingerprint density at radius 2 is 2.03 bits per heavy atom. The molecule has 0 saturated carbocycles. The number of hydrogen-bond donors (Lipinski definition) is 3. The minimum atomic E-state index is -5.15. The fourth-order valence-corrected chi connectivity index (χ4v) is 5.11. The number of carbonyl (C=O) groups excluding carboxylic acids is 4. The number of hydrogen-bond acceptors (Lipinski definition) is 11. The first-order valence-electron chi connectivity index (χ1n) is 9.64. The van der Waals surface area contributed by atoms with Crippen molar-refractivity contribution in [1.82, 2.24) is 15.2 Å². The summed E-state index contributed by atoms with van der Waals surface area (Å²) in [6.45, 7) is 0.827. The van der Waals surface area contributed by atoms with E-state index in [-0.39, 0.29) is 29.3 Å². The van der Waals surface area contributed by atoms with E-state index in [1.807, 2.05) is 0 Å². The number of fused-ring (bicyclic) bond motifs is 1. The van der Waals surface area contributed by atoms with Crippen molar-refractivity contribution in [1.29, 1.82) is 0 Å². The van der Waals surface area contributed by atoms with Gasteiger partial charge in [-0.05, 0) is 0 Å². The van der Waals surface area contributed by atoms with Gasteiger partial charge in [0.1, 0.15) is 36.5 Å². The number of rotatable bonds is 8. The first kappa shape index (κ1) is 26.9. The van der Waals surface area contributed by atoms with Gasteiger partial charge in [-0.2, -0.15) is 13.2 Å². The summed E-state index contributed by atoms with van der Waals surface area (Å²) in [5.74, 6) is -5.95. The van der Waals surface area contributed by atoms with Crippen LogP contribution in [0.3, 0.4) is 0 Å². The van der Waals surface area contributed by atoms with Crippen molar-refractivity contribution in [3.63, 3.8) is 0 Å². The SMILES string of the molecule is CON=C(C(=O)N[C@@H]1C(=O)N2C(C(=O)O)=C(COC(C)=O)CS[C@H]12)c1csc(NC(=O)C(F)(F)F)n1. The molecule has 3 heterocycles. The number of esters is 1. The van der Waals surface area contributed by atoms with E-state index in [4.69, 9.17) is 4.74 Å². The number of amides is 3. The fraction of sp³-hybridized carbons (Fsp3) is 0.389. The number of anilines is 1. The van der Waals surface area contributed by atoms with Gasteiger partial charge in [0.25, 0.3) is 11.8 Å². The molecule has 3 N–H and O–H groups in total. The summed E-state index contributed by atoms with van der Waals surface area (Å²) in [4.78, 5) is 68.7. The third kappa shape index (κ3) is 5.59. The molecule has 36 heavy (non-hydrogen) atoms. The zero-order chi connectivity index (χ0) is 26.8. The lowest BCUT2D eigenvalue weighted by Crippen LogP contribution is -2.71. The summed E-state index contributed by atoms with van der Waals surface area (Å²) in [6, 6.07) is -1.17. The maximum atomic E-state index is 12.8. The molecule has 0 bridgehead atoms. The van der Waals surface area contributed by atoms with E-state index >= 15 is 0 Å². The predicted molar refractivity (Wildman–Crippen MR) is 117 cm³/mol. The summed E-state index contributed by atoms with van der Waals surface area (Å²) in [5, 5.41) is 16.9. The molecule has 2 aliphatic heterocycles. The number of aliphatic carboxylic acids is 1. The van der Waals surface area contributed by atoms with Crippen LogP contribution in [0.2, 0.25) is 0 Å². The molecular formula is C18H16F3N5O8S2. The Morgan fingerprint density at radius 1 is 1.33 bits per heavy atom. The molecule has 13 nitrogen and oxygen atoms in total. The highest BCUT2D eigenvalue weighted by molar-refractivity contribution is 8.00. The molecule has 2 atom stereocenters. The number of halogens is 3. The summed E-state index contributed by atoms with van der Waals surface area (Å²) >= 11 is 1.71. The molecule has 2 aliphatic rings. The van der Waals surface area contributed by atoms with E-state index < -0.39 is 58.1 Å². The molecule has 0 spiro atoms. The molecule has 1 aromatic rings. The van der Waals surface area contributed by atoms with E-state index in [1.165, 1.54) is 0 Å². The Balaban J connectivity index is 1.74. The largest absolute Gasteiger partial charge is 0.477 e. The molecule has 3 rings (SSSR count). The molecule has 0 aliphatic carbocycles. The summed E-state index contributed by atoms with van der Waals surface area (Å²) in [7, 11) is 1.09. The Morgan fingerprint density at radius 3 is 2.61 bits per heavy atom. The lowest BCUT2D eigenvalue weighted by Gasteiger charge is -2.49. The minimum absolute atomic E-state index is 0.100. The number of aromatic nitrogens is 1. The first-order valence-corrected chi connectivity index (χ1v) is 11.6. The molecule has 3 amide bonds. The van der Waals surface area contributed by atoms with Crippen molar-refractivity contribution in [2.24, 2.45) is 5.16 Å². The van der Waals surface area contributed by atoms with E-state index in [0.717, 1.165) is 36.1 Å². The lowest BCUT2D eigenvalue weighted by atomic mass is 10.0. The monoisotopic (exact) mass is 551 g/mol. The predicted octanol–water partition coefficient (Wildman–Crippen LogP) is 0.296. The molecular weight excluding hydrogens is 535 g/mol. The Hall–Kier alpha value is -3.67. The second-order valence-electron chi connectivity index (χ2n) is 7.01. The molecule has 0 aromatic carbocycles. The van der Waals surface area contributed by atoms with Crippen LogP contribution in [0, 0.1) is 0 Å². The second kappa shape index (κ2) is 10.5. The molecule has 0 radical (unpaired) electrons. The zero-order valence-corrected chi connectivity index (χ0v) is 19.9. The van der Waals surface area contributed by atoms with Gasteiger partial charge in [-0.15, -0.1) is 23.1 Å². The highest BCUT2D eigenvalue weighted by atomic mass is 32.2. The van der Waals surface area contributed by atoms with Crippen LogP contribution in [0.25, 0.3) is 0 Å². The third-order valence-corrected chi connectivity index (χ3v) is 6.71. The number of nitrogens with zero attached hydrogens (tertiary/aromatic N) is 3. The summed E-state index contributed by atoms with van der Waals surface area (Å²) in [6.07, 6.45) is -5.15. The Bertz CT molecular complexity index is 1180. The maximum absolute atomic E-state index is 12.8. The van der Waals surface area contributed by atoms with Gasteiger partial charge >= 0.3 is 24.0 Å². The van der Waals surface area contributed by atoms with Crippen molar-refractivity contribution in [2.45, 2.75) is 24.5 Å². The maximum Gasteiger partial charge on any atom is 0.471 e. The van der Waals surface area contributed by atoms with Crippen molar-refractivity contribution in [3.05, 3.63) is 22.3 Å². The van der Waals surface area contributed by atoms with Crippen molar-refractivity contribution in [3.8, 4) is 0 Å². The standard InChI is InChI=1S/C18H16F3N5O8S2/c1-6(27)34-3-7-4-35-14-10(13(29)26(14)11(7)15(30)31)23-12(28)9(25-33-2)8-5-36-17(22-8)24-16(32)18(19,20)21/h5,10,14H,3-4H2,1-2H3,(H,23,28)(H,30,31)(H,22,24,32)/t10-,14-/m1/s1. The lowest BCUT2D eigenvalue weighted by molar-refractivity contribution is -0.167. The number of alkyl halides is 3. The van der Waals surface area contributed by atoms with Crippen LogP contribution >= 0.6 is 23.1 Å². The molecule has 0 unspecified atom stereocenters. The number of β-lactam (4-membered cyclic amide) rings is 1. The number of carbonyl (C=O) groups is 5. The smallest absolute Gasteiger partial charge is 0.471 e. The second-order valence-corrected chi connectivity index (χ2v) is 8.97. The van der Waals surface area contributed by atoms with Crippen LogP contribution < -0.4 is 10.6 Å². The number of ether oxygens (including phenoxy) is 1. The van der Waals surface area contributed by atoms with Gasteiger partial charge in [-0.3, -0.25) is 29.4 Å². The number of nitrogens with one attached hydrogen (secondary N) is 2. The zero-order valence-electron chi connectivity index (χ0n) is 18.2. The van der Waals surface area contributed by atoms with Gasteiger partial charge in [-0.1, -0.05) is 5.16 Å². The average molecular weight is 551 g/mol. The number of oxime groups is 1. The van der Waals surface area contributed by atoms with Crippen LogP contribution in [0.1, 0.15) is 12.6 Å². The molecule has 194 valence electrons. The summed E-state index contributed by atoms with van der Waals surface area (Å²) < 4.78 is 42.2. The van der Waals surface area contributed by atoms with Crippen LogP contribution in [0.4, 0.5) is 18.3 Å². The van der Waals surface area contributed by atoms with E-state index in [0.29, 0.717) is 11.3 Å². The topological polar surface area (TPSA) is 177 Å². The van der Waals surface area contributed by atoms with Crippen LogP contribution in [0.5, 0.6) is 0 Å². The third-order valence-electron chi connectivity index (χ3n) is 4.61. The quantitative estimate of drug-likeness (QED) is 0.176. The van der Waals surface area contributed by atoms with Crippen LogP contribution in [-0.2, 0) is 33.5 Å². The number of thioether (sulfide) groups is 1. The van der Waals surface area contributed by atoms with Crippen LogP contribution in [0.15, 0.2) is 21.8 Å². The highest BCUT2D eigenvalue weighted by Crippen LogP contribution is 2.40. The molecule has 1 aromatic heterocycles. The van der Waals surface area contributed by atoms with E-state index in [9.17, 15) is 42.3 Å². The van der Waals surface area contributed by atoms with E-state index in [1.54, 1.807) is 5.32 Å². The highest BCUT2D eigenvalue weighted by Gasteiger charge is 2.54. The minimum Gasteiger partial charge on any atom is -0.477 e. The van der Waals surface area contributed by atoms with Gasteiger partial charge in [0.05, 0.1) is 0 Å². The molecule has 1 fully saturated rings.